The van der Waals surface area contributed by atoms with E-state index in [1.54, 1.807) is 0 Å². The van der Waals surface area contributed by atoms with E-state index in [9.17, 15) is 0 Å². The fraction of sp³-hybridized carbons (Fsp3) is 0.250. The van der Waals surface area contributed by atoms with Gasteiger partial charge in [-0.25, -0.2) is 0 Å². The summed E-state index contributed by atoms with van der Waals surface area (Å²) >= 11 is 0. The Morgan fingerprint density at radius 1 is 0.889 bits per heavy atom. The molecule has 0 atom stereocenters. The fourth-order valence-electron chi connectivity index (χ4n) is 1.94. The van der Waals surface area contributed by atoms with Gasteiger partial charge < -0.3 is 4.52 Å². The molecular weight excluding hydrogens is 239 g/mol. The van der Waals surface area contributed by atoms with Crippen LogP contribution >= 0.6 is 8.15 Å². The molecule has 0 heterocycles. The Kier molecular flexibility index (Phi) is 4.52. The predicted molar refractivity (Wildman–Crippen MR) is 80.2 cm³/mol. The molecule has 0 aliphatic carbocycles. The van der Waals surface area contributed by atoms with E-state index < -0.39 is 8.15 Å². The Hall–Kier alpha value is -1.17. The van der Waals surface area contributed by atoms with Crippen LogP contribution in [0.5, 0.6) is 0 Å². The van der Waals surface area contributed by atoms with E-state index in [2.05, 4.69) is 69.3 Å². The van der Waals surface area contributed by atoms with Gasteiger partial charge in [-0.2, -0.15) is 0 Å². The van der Waals surface area contributed by atoms with E-state index in [0.717, 1.165) is 6.61 Å². The molecule has 0 saturated heterocycles. The summed E-state index contributed by atoms with van der Waals surface area (Å²) in [6.07, 6.45) is 0. The third-order valence-corrected chi connectivity index (χ3v) is 4.74. The summed E-state index contributed by atoms with van der Waals surface area (Å²) < 4.78 is 5.99. The standard InChI is InChI=1S/C16H19OP/c1-4-17-18(15-9-5-7-13(2)11-15)16-10-6-8-14(3)12-16/h5-12H,4H2,1-3H3. The molecule has 0 saturated carbocycles. The Morgan fingerprint density at radius 3 is 1.78 bits per heavy atom. The van der Waals surface area contributed by atoms with Crippen LogP contribution in [0.4, 0.5) is 0 Å². The number of benzene rings is 2. The zero-order valence-electron chi connectivity index (χ0n) is 11.2. The Morgan fingerprint density at radius 2 is 1.39 bits per heavy atom. The van der Waals surface area contributed by atoms with Crippen molar-refractivity contribution in [1.82, 2.24) is 0 Å². The second-order valence-electron chi connectivity index (χ2n) is 4.39. The first kappa shape index (κ1) is 13.3. The summed E-state index contributed by atoms with van der Waals surface area (Å²) in [7, 11) is -0.683. The summed E-state index contributed by atoms with van der Waals surface area (Å²) in [5.74, 6) is 0. The van der Waals surface area contributed by atoms with Crippen molar-refractivity contribution in [3.63, 3.8) is 0 Å². The Labute approximate surface area is 111 Å². The molecule has 2 aromatic carbocycles. The van der Waals surface area contributed by atoms with Crippen LogP contribution in [0.3, 0.4) is 0 Å². The molecule has 0 amide bonds. The SMILES string of the molecule is CCOP(c1cccc(C)c1)c1cccc(C)c1. The van der Waals surface area contributed by atoms with Gasteiger partial charge in [0.1, 0.15) is 0 Å². The quantitative estimate of drug-likeness (QED) is 0.760. The van der Waals surface area contributed by atoms with E-state index >= 15 is 0 Å². The highest BCUT2D eigenvalue weighted by atomic mass is 31.1. The van der Waals surface area contributed by atoms with Crippen LogP contribution in [0.15, 0.2) is 48.5 Å². The molecule has 0 spiro atoms. The average Bonchev–Trinajstić information content (AvgIpc) is 2.36. The molecule has 0 radical (unpaired) electrons. The maximum Gasteiger partial charge on any atom is 0.0917 e. The van der Waals surface area contributed by atoms with Crippen LogP contribution in [0, 0.1) is 13.8 Å². The zero-order chi connectivity index (χ0) is 13.0. The predicted octanol–water partition coefficient (Wildman–Crippen LogP) is 3.69. The maximum atomic E-state index is 5.99. The molecule has 0 fully saturated rings. The van der Waals surface area contributed by atoms with Crippen LogP contribution in [0.2, 0.25) is 0 Å². The van der Waals surface area contributed by atoms with Gasteiger partial charge in [0.2, 0.25) is 0 Å². The second kappa shape index (κ2) is 6.13. The highest BCUT2D eigenvalue weighted by molar-refractivity contribution is 7.68. The van der Waals surface area contributed by atoms with Crippen molar-refractivity contribution in [2.75, 3.05) is 6.61 Å². The number of hydrogen-bond acceptors (Lipinski definition) is 1. The number of rotatable bonds is 4. The highest BCUT2D eigenvalue weighted by Gasteiger charge is 2.14. The summed E-state index contributed by atoms with van der Waals surface area (Å²) in [4.78, 5) is 0. The topological polar surface area (TPSA) is 9.23 Å². The summed E-state index contributed by atoms with van der Waals surface area (Å²) in [6, 6.07) is 17.2. The van der Waals surface area contributed by atoms with E-state index in [0.29, 0.717) is 0 Å². The molecule has 2 rings (SSSR count). The molecule has 0 unspecified atom stereocenters. The first-order valence-electron chi connectivity index (χ1n) is 6.27. The van der Waals surface area contributed by atoms with Gasteiger partial charge in [-0.15, -0.1) is 0 Å². The monoisotopic (exact) mass is 258 g/mol. The van der Waals surface area contributed by atoms with Crippen molar-refractivity contribution in [1.29, 1.82) is 0 Å². The van der Waals surface area contributed by atoms with Gasteiger partial charge in [-0.3, -0.25) is 0 Å². The van der Waals surface area contributed by atoms with Crippen LogP contribution in [-0.2, 0) is 4.52 Å². The highest BCUT2D eigenvalue weighted by Crippen LogP contribution is 2.35. The molecule has 1 nitrogen and oxygen atoms in total. The molecule has 0 aliphatic heterocycles. The molecular formula is C16H19OP. The van der Waals surface area contributed by atoms with Crippen molar-refractivity contribution >= 4 is 18.8 Å². The van der Waals surface area contributed by atoms with E-state index in [4.69, 9.17) is 4.52 Å². The average molecular weight is 258 g/mol. The van der Waals surface area contributed by atoms with Crippen molar-refractivity contribution in [3.8, 4) is 0 Å². The van der Waals surface area contributed by atoms with Crippen LogP contribution in [0.1, 0.15) is 18.1 Å². The molecule has 94 valence electrons. The summed E-state index contributed by atoms with van der Waals surface area (Å²) in [6.45, 7) is 7.05. The van der Waals surface area contributed by atoms with Gasteiger partial charge in [0, 0.05) is 17.2 Å². The lowest BCUT2D eigenvalue weighted by molar-refractivity contribution is 0.388. The van der Waals surface area contributed by atoms with E-state index in [-0.39, 0.29) is 0 Å². The molecule has 2 heteroatoms. The van der Waals surface area contributed by atoms with Crippen LogP contribution in [0.25, 0.3) is 0 Å². The minimum atomic E-state index is -0.683. The van der Waals surface area contributed by atoms with Crippen LogP contribution < -0.4 is 10.6 Å². The molecule has 0 aromatic heterocycles. The molecule has 2 aromatic rings. The van der Waals surface area contributed by atoms with Gasteiger partial charge >= 0.3 is 0 Å². The lowest BCUT2D eigenvalue weighted by Gasteiger charge is -2.18. The van der Waals surface area contributed by atoms with Crippen molar-refractivity contribution in [3.05, 3.63) is 59.7 Å². The van der Waals surface area contributed by atoms with E-state index in [1.165, 1.54) is 21.7 Å². The molecule has 18 heavy (non-hydrogen) atoms. The minimum absolute atomic E-state index is 0.683. The summed E-state index contributed by atoms with van der Waals surface area (Å²) in [5, 5.41) is 2.58. The van der Waals surface area contributed by atoms with Gasteiger partial charge in [0.25, 0.3) is 0 Å². The normalized spacial score (nSPS) is 10.9. The molecule has 0 aliphatic rings. The van der Waals surface area contributed by atoms with Gasteiger partial charge in [0.05, 0.1) is 8.15 Å². The van der Waals surface area contributed by atoms with Crippen LogP contribution in [-0.4, -0.2) is 6.61 Å². The first-order chi connectivity index (χ1) is 8.70. The van der Waals surface area contributed by atoms with Gasteiger partial charge in [-0.1, -0.05) is 47.5 Å². The lowest BCUT2D eigenvalue weighted by atomic mass is 10.2. The smallest absolute Gasteiger partial charge is 0.0917 e. The van der Waals surface area contributed by atoms with E-state index in [1.807, 2.05) is 0 Å². The van der Waals surface area contributed by atoms with Gasteiger partial charge in [0.15, 0.2) is 0 Å². The molecule has 0 bridgehead atoms. The number of aryl methyl sites for hydroxylation is 2. The third-order valence-electron chi connectivity index (χ3n) is 2.73. The van der Waals surface area contributed by atoms with Crippen molar-refractivity contribution in [2.24, 2.45) is 0 Å². The second-order valence-corrected chi connectivity index (χ2v) is 6.27. The maximum absolute atomic E-state index is 5.99. The van der Waals surface area contributed by atoms with Crippen molar-refractivity contribution < 1.29 is 4.52 Å². The summed E-state index contributed by atoms with van der Waals surface area (Å²) in [5.41, 5.74) is 2.57. The zero-order valence-corrected chi connectivity index (χ0v) is 12.1. The first-order valence-corrected chi connectivity index (χ1v) is 7.53. The molecule has 0 N–H and O–H groups in total. The van der Waals surface area contributed by atoms with Gasteiger partial charge in [-0.05, 0) is 32.9 Å². The minimum Gasteiger partial charge on any atom is -0.350 e. The van der Waals surface area contributed by atoms with Crippen molar-refractivity contribution in [2.45, 2.75) is 20.8 Å². The lowest BCUT2D eigenvalue weighted by Crippen LogP contribution is -2.14. The Bertz CT molecular complexity index is 477. The third kappa shape index (κ3) is 3.19. The fourth-order valence-corrected chi connectivity index (χ4v) is 3.88. The largest absolute Gasteiger partial charge is 0.350 e. The Balaban J connectivity index is 2.39. The number of hydrogen-bond donors (Lipinski definition) is 0.